The molecular formula is C10H22N2+2. The van der Waals surface area contributed by atoms with Crippen LogP contribution in [0.15, 0.2) is 0 Å². The molecule has 0 amide bonds. The SMILES string of the molecule is C[N+]1([N+]2(C)CCCC2)CCCC1. The van der Waals surface area contributed by atoms with Gasteiger partial charge in [-0.05, 0) is 0 Å². The molecule has 0 aliphatic carbocycles. The zero-order valence-corrected chi connectivity index (χ0v) is 8.55. The molecule has 0 unspecified atom stereocenters. The molecule has 2 aliphatic rings. The highest BCUT2D eigenvalue weighted by Crippen LogP contribution is 2.30. The van der Waals surface area contributed by atoms with Crippen LogP contribution in [0, 0.1) is 0 Å². The van der Waals surface area contributed by atoms with Crippen LogP contribution in [0.3, 0.4) is 0 Å². The zero-order valence-electron chi connectivity index (χ0n) is 8.55. The quantitative estimate of drug-likeness (QED) is 0.522. The second kappa shape index (κ2) is 2.71. The van der Waals surface area contributed by atoms with Crippen LogP contribution in [0.25, 0.3) is 0 Å². The first-order chi connectivity index (χ1) is 5.66. The third-order valence-electron chi connectivity index (χ3n) is 4.23. The van der Waals surface area contributed by atoms with Crippen molar-refractivity contribution in [3.05, 3.63) is 0 Å². The number of quaternary nitrogens is 2. The fraction of sp³-hybridized carbons (Fsp3) is 1.00. The third kappa shape index (κ3) is 1.09. The fourth-order valence-electron chi connectivity index (χ4n) is 3.00. The van der Waals surface area contributed by atoms with E-state index in [0.717, 1.165) is 0 Å². The van der Waals surface area contributed by atoms with Crippen molar-refractivity contribution in [3.8, 4) is 0 Å². The van der Waals surface area contributed by atoms with E-state index in [-0.39, 0.29) is 0 Å². The first kappa shape index (κ1) is 8.52. The predicted molar refractivity (Wildman–Crippen MR) is 50.3 cm³/mol. The van der Waals surface area contributed by atoms with Crippen molar-refractivity contribution < 1.29 is 9.18 Å². The Bertz CT molecular complexity index is 145. The smallest absolute Gasteiger partial charge is 0.122 e. The van der Waals surface area contributed by atoms with Crippen molar-refractivity contribution in [1.29, 1.82) is 0 Å². The summed E-state index contributed by atoms with van der Waals surface area (Å²) in [6.45, 7) is 5.65. The van der Waals surface area contributed by atoms with E-state index in [1.54, 1.807) is 0 Å². The van der Waals surface area contributed by atoms with Gasteiger partial charge in [0.2, 0.25) is 0 Å². The van der Waals surface area contributed by atoms with Gasteiger partial charge in [-0.25, -0.2) is 0 Å². The Labute approximate surface area is 75.9 Å². The summed E-state index contributed by atoms with van der Waals surface area (Å²) in [6, 6.07) is 0. The van der Waals surface area contributed by atoms with Gasteiger partial charge in [-0.2, -0.15) is 9.18 Å². The second-order valence-electron chi connectivity index (χ2n) is 4.99. The van der Waals surface area contributed by atoms with Crippen molar-refractivity contribution in [2.24, 2.45) is 0 Å². The standard InChI is InChI=1S/C10H22N2/c1-11(7-3-4-8-11)12(2)9-5-6-10-12/h3-10H2,1-2H3/q+2. The van der Waals surface area contributed by atoms with Gasteiger partial charge in [0.05, 0.1) is 0 Å². The molecule has 0 saturated carbocycles. The number of likely N-dealkylation sites (tertiary alicyclic amines) is 2. The largest absolute Gasteiger partial charge is 0.173 e. The first-order valence-corrected chi connectivity index (χ1v) is 5.36. The first-order valence-electron chi connectivity index (χ1n) is 5.36. The number of hydrogen-bond donors (Lipinski definition) is 0. The summed E-state index contributed by atoms with van der Waals surface area (Å²) >= 11 is 0. The number of hydrogen-bond acceptors (Lipinski definition) is 0. The van der Waals surface area contributed by atoms with Gasteiger partial charge in [0, 0.05) is 25.7 Å². The highest BCUT2D eigenvalue weighted by atomic mass is 15.8. The maximum atomic E-state index is 2.46. The molecule has 2 aliphatic heterocycles. The average molecular weight is 170 g/mol. The maximum Gasteiger partial charge on any atom is 0.122 e. The molecule has 0 aromatic heterocycles. The Kier molecular flexibility index (Phi) is 1.92. The average Bonchev–Trinajstić information content (AvgIpc) is 2.60. The Hall–Kier alpha value is -0.0800. The molecule has 0 aromatic rings. The molecule has 0 N–H and O–H groups in total. The molecule has 2 heteroatoms. The monoisotopic (exact) mass is 170 g/mol. The van der Waals surface area contributed by atoms with Crippen LogP contribution in [-0.2, 0) is 0 Å². The van der Waals surface area contributed by atoms with Crippen LogP contribution in [0.4, 0.5) is 0 Å². The van der Waals surface area contributed by atoms with Gasteiger partial charge < -0.3 is 0 Å². The van der Waals surface area contributed by atoms with E-state index < -0.39 is 0 Å². The Morgan fingerprint density at radius 3 is 1.08 bits per heavy atom. The minimum Gasteiger partial charge on any atom is -0.173 e. The second-order valence-corrected chi connectivity index (χ2v) is 4.99. The van der Waals surface area contributed by atoms with Crippen molar-refractivity contribution in [1.82, 2.24) is 0 Å². The molecule has 0 spiro atoms. The van der Waals surface area contributed by atoms with E-state index in [1.807, 2.05) is 0 Å². The molecule has 2 heterocycles. The summed E-state index contributed by atoms with van der Waals surface area (Å²) < 4.78 is 2.64. The molecule has 0 atom stereocenters. The van der Waals surface area contributed by atoms with Crippen LogP contribution < -0.4 is 0 Å². The summed E-state index contributed by atoms with van der Waals surface area (Å²) in [7, 11) is 4.91. The minimum absolute atomic E-state index is 1.32. The lowest BCUT2D eigenvalue weighted by Gasteiger charge is -2.44. The van der Waals surface area contributed by atoms with E-state index in [9.17, 15) is 0 Å². The molecule has 0 radical (unpaired) electrons. The van der Waals surface area contributed by atoms with Crippen LogP contribution >= 0.6 is 0 Å². The van der Waals surface area contributed by atoms with Crippen LogP contribution in [0.1, 0.15) is 25.7 Å². The molecule has 2 nitrogen and oxygen atoms in total. The molecule has 0 bridgehead atoms. The van der Waals surface area contributed by atoms with E-state index >= 15 is 0 Å². The molecular weight excluding hydrogens is 148 g/mol. The highest BCUT2D eigenvalue weighted by molar-refractivity contribution is 4.51. The summed E-state index contributed by atoms with van der Waals surface area (Å²) in [5.41, 5.74) is 0. The van der Waals surface area contributed by atoms with Crippen LogP contribution in [0.5, 0.6) is 0 Å². The Morgan fingerprint density at radius 1 is 0.583 bits per heavy atom. The lowest BCUT2D eigenvalue weighted by atomic mass is 10.4. The van der Waals surface area contributed by atoms with Crippen molar-refractivity contribution >= 4 is 0 Å². The van der Waals surface area contributed by atoms with Gasteiger partial charge in [0.1, 0.15) is 40.3 Å². The Balaban J connectivity index is 2.14. The lowest BCUT2D eigenvalue weighted by molar-refractivity contribution is -1.47. The molecule has 70 valence electrons. The third-order valence-corrected chi connectivity index (χ3v) is 4.23. The van der Waals surface area contributed by atoms with Gasteiger partial charge in [0.15, 0.2) is 0 Å². The summed E-state index contributed by atoms with van der Waals surface area (Å²) in [4.78, 5) is 0. The van der Waals surface area contributed by atoms with Gasteiger partial charge in [-0.1, -0.05) is 0 Å². The molecule has 2 fully saturated rings. The van der Waals surface area contributed by atoms with E-state index in [0.29, 0.717) is 0 Å². The normalized spacial score (nSPS) is 32.5. The Morgan fingerprint density at radius 2 is 0.833 bits per heavy atom. The van der Waals surface area contributed by atoms with Crippen LogP contribution in [-0.4, -0.2) is 49.5 Å². The predicted octanol–water partition coefficient (Wildman–Crippen LogP) is 1.38. The van der Waals surface area contributed by atoms with E-state index in [2.05, 4.69) is 14.1 Å². The lowest BCUT2D eigenvalue weighted by Crippen LogP contribution is -2.66. The van der Waals surface area contributed by atoms with Gasteiger partial charge in [-0.3, -0.25) is 0 Å². The topological polar surface area (TPSA) is 0 Å². The van der Waals surface area contributed by atoms with Crippen molar-refractivity contribution in [3.63, 3.8) is 0 Å². The van der Waals surface area contributed by atoms with Gasteiger partial charge in [-0.15, -0.1) is 0 Å². The fourth-order valence-corrected chi connectivity index (χ4v) is 3.00. The molecule has 12 heavy (non-hydrogen) atoms. The minimum atomic E-state index is 1.32. The van der Waals surface area contributed by atoms with E-state index in [4.69, 9.17) is 0 Å². The molecule has 0 aromatic carbocycles. The van der Waals surface area contributed by atoms with Crippen LogP contribution in [0.2, 0.25) is 0 Å². The summed E-state index contributed by atoms with van der Waals surface area (Å²) in [5, 5.41) is 0. The number of rotatable bonds is 1. The maximum absolute atomic E-state index is 2.46. The van der Waals surface area contributed by atoms with Gasteiger partial charge >= 0.3 is 0 Å². The summed E-state index contributed by atoms with van der Waals surface area (Å²) in [6.07, 6.45) is 5.80. The summed E-state index contributed by atoms with van der Waals surface area (Å²) in [5.74, 6) is 0. The number of nitrogens with zero attached hydrogens (tertiary/aromatic N) is 2. The van der Waals surface area contributed by atoms with Crippen molar-refractivity contribution in [2.75, 3.05) is 40.3 Å². The molecule has 2 rings (SSSR count). The van der Waals surface area contributed by atoms with E-state index in [1.165, 1.54) is 61.0 Å². The van der Waals surface area contributed by atoms with Gasteiger partial charge in [0.25, 0.3) is 0 Å². The highest BCUT2D eigenvalue weighted by Gasteiger charge is 2.47. The van der Waals surface area contributed by atoms with Crippen molar-refractivity contribution in [2.45, 2.75) is 25.7 Å². The zero-order chi connectivity index (χ0) is 8.66. The molecule has 2 saturated heterocycles.